The van der Waals surface area contributed by atoms with Crippen molar-refractivity contribution in [3.8, 4) is 11.5 Å². The molecule has 0 fully saturated rings. The molecular weight excluding hydrogens is 295 g/mol. The highest BCUT2D eigenvalue weighted by atomic mass is 19.1. The molecule has 0 saturated carbocycles. The van der Waals surface area contributed by atoms with Crippen molar-refractivity contribution in [3.05, 3.63) is 77.0 Å². The molecule has 0 atom stereocenters. The van der Waals surface area contributed by atoms with Gasteiger partial charge in [0, 0.05) is 17.0 Å². The number of pyridine rings is 2. The van der Waals surface area contributed by atoms with Crippen LogP contribution in [0.2, 0.25) is 0 Å². The third kappa shape index (κ3) is 2.32. The number of H-pyrrole nitrogens is 1. The Kier molecular flexibility index (Phi) is 3.05. The van der Waals surface area contributed by atoms with E-state index in [0.717, 1.165) is 5.39 Å². The summed E-state index contributed by atoms with van der Waals surface area (Å²) >= 11 is 0. The molecule has 0 bridgehead atoms. The lowest BCUT2D eigenvalue weighted by Crippen LogP contribution is -2.07. The minimum Gasteiger partial charge on any atom is -0.457 e. The van der Waals surface area contributed by atoms with E-state index >= 15 is 0 Å². The summed E-state index contributed by atoms with van der Waals surface area (Å²) in [5.74, 6) is 0.731. The largest absolute Gasteiger partial charge is 0.457 e. The molecule has 4 rings (SSSR count). The van der Waals surface area contributed by atoms with Crippen LogP contribution in [0.25, 0.3) is 21.8 Å². The average Bonchev–Trinajstić information content (AvgIpc) is 2.57. The molecule has 112 valence electrons. The Labute approximate surface area is 130 Å². The van der Waals surface area contributed by atoms with Crippen molar-refractivity contribution < 1.29 is 9.13 Å². The normalized spacial score (nSPS) is 11.0. The minimum atomic E-state index is -0.327. The first-order chi connectivity index (χ1) is 11.2. The van der Waals surface area contributed by atoms with Crippen molar-refractivity contribution >= 4 is 21.8 Å². The van der Waals surface area contributed by atoms with E-state index in [1.807, 2.05) is 12.1 Å². The molecule has 2 heterocycles. The molecule has 0 aliphatic carbocycles. The fourth-order valence-electron chi connectivity index (χ4n) is 2.59. The van der Waals surface area contributed by atoms with Gasteiger partial charge in [-0.05, 0) is 36.4 Å². The monoisotopic (exact) mass is 306 g/mol. The van der Waals surface area contributed by atoms with E-state index in [2.05, 4.69) is 9.97 Å². The maximum Gasteiger partial charge on any atom is 0.257 e. The highest BCUT2D eigenvalue weighted by Crippen LogP contribution is 2.32. The Bertz CT molecular complexity index is 1070. The van der Waals surface area contributed by atoms with Crippen LogP contribution in [0, 0.1) is 5.82 Å². The maximum atomic E-state index is 13.0. The van der Waals surface area contributed by atoms with Gasteiger partial charge in [-0.15, -0.1) is 0 Å². The summed E-state index contributed by atoms with van der Waals surface area (Å²) < 4.78 is 18.9. The third-order valence-corrected chi connectivity index (χ3v) is 3.63. The van der Waals surface area contributed by atoms with E-state index in [4.69, 9.17) is 4.74 Å². The first kappa shape index (κ1) is 13.5. The number of benzene rings is 2. The van der Waals surface area contributed by atoms with Crippen LogP contribution in [0.15, 0.2) is 65.6 Å². The van der Waals surface area contributed by atoms with Crippen LogP contribution in [-0.2, 0) is 0 Å². The number of rotatable bonds is 2. The molecule has 2 aromatic carbocycles. The topological polar surface area (TPSA) is 55.0 Å². The number of aromatic nitrogens is 2. The highest BCUT2D eigenvalue weighted by molar-refractivity contribution is 6.07. The molecule has 0 unspecified atom stereocenters. The number of nitrogens with one attached hydrogen (secondary N) is 1. The van der Waals surface area contributed by atoms with Crippen LogP contribution in [0.4, 0.5) is 4.39 Å². The molecule has 4 aromatic rings. The number of aromatic amines is 1. The van der Waals surface area contributed by atoms with E-state index in [9.17, 15) is 9.18 Å². The van der Waals surface area contributed by atoms with E-state index in [0.29, 0.717) is 27.9 Å². The highest BCUT2D eigenvalue weighted by Gasteiger charge is 2.11. The lowest BCUT2D eigenvalue weighted by Gasteiger charge is -2.10. The Morgan fingerprint density at radius 2 is 1.70 bits per heavy atom. The van der Waals surface area contributed by atoms with Crippen molar-refractivity contribution in [3.63, 3.8) is 0 Å². The van der Waals surface area contributed by atoms with Crippen molar-refractivity contribution in [1.29, 1.82) is 0 Å². The molecule has 23 heavy (non-hydrogen) atoms. The molecule has 0 radical (unpaired) electrons. The SMILES string of the molecule is O=c1[nH]c2nccc(Oc3ccc(F)cc3)c2c2ccccc12. The van der Waals surface area contributed by atoms with Crippen molar-refractivity contribution in [2.45, 2.75) is 0 Å². The maximum absolute atomic E-state index is 13.0. The van der Waals surface area contributed by atoms with Gasteiger partial charge in [-0.2, -0.15) is 0 Å². The Morgan fingerprint density at radius 3 is 2.48 bits per heavy atom. The lowest BCUT2D eigenvalue weighted by atomic mass is 10.1. The zero-order valence-electron chi connectivity index (χ0n) is 11.9. The number of hydrogen-bond acceptors (Lipinski definition) is 3. The first-order valence-electron chi connectivity index (χ1n) is 7.05. The fraction of sp³-hybridized carbons (Fsp3) is 0. The minimum absolute atomic E-state index is 0.195. The quantitative estimate of drug-likeness (QED) is 0.569. The van der Waals surface area contributed by atoms with Gasteiger partial charge in [0.2, 0.25) is 0 Å². The summed E-state index contributed by atoms with van der Waals surface area (Å²) in [6, 6.07) is 14.8. The first-order valence-corrected chi connectivity index (χ1v) is 7.05. The van der Waals surface area contributed by atoms with Crippen molar-refractivity contribution in [2.24, 2.45) is 0 Å². The predicted molar refractivity (Wildman–Crippen MR) is 86.3 cm³/mol. The van der Waals surface area contributed by atoms with Gasteiger partial charge in [-0.25, -0.2) is 9.37 Å². The Morgan fingerprint density at radius 1 is 0.957 bits per heavy atom. The zero-order valence-corrected chi connectivity index (χ0v) is 11.9. The zero-order chi connectivity index (χ0) is 15.8. The molecular formula is C18H11FN2O2. The molecule has 0 spiro atoms. The van der Waals surface area contributed by atoms with Gasteiger partial charge in [-0.1, -0.05) is 18.2 Å². The summed E-state index contributed by atoms with van der Waals surface area (Å²) in [4.78, 5) is 19.1. The van der Waals surface area contributed by atoms with Crippen LogP contribution in [0.5, 0.6) is 11.5 Å². The van der Waals surface area contributed by atoms with Crippen molar-refractivity contribution in [2.75, 3.05) is 0 Å². The molecule has 5 heteroatoms. The van der Waals surface area contributed by atoms with E-state index in [1.54, 1.807) is 36.5 Å². The van der Waals surface area contributed by atoms with Crippen molar-refractivity contribution in [1.82, 2.24) is 9.97 Å². The molecule has 4 nitrogen and oxygen atoms in total. The number of fused-ring (bicyclic) bond motifs is 3. The van der Waals surface area contributed by atoms with Crippen LogP contribution < -0.4 is 10.3 Å². The summed E-state index contributed by atoms with van der Waals surface area (Å²) in [6.45, 7) is 0. The van der Waals surface area contributed by atoms with Crippen LogP contribution in [0.1, 0.15) is 0 Å². The summed E-state index contributed by atoms with van der Waals surface area (Å²) in [5, 5.41) is 2.04. The van der Waals surface area contributed by atoms with Crippen LogP contribution >= 0.6 is 0 Å². The predicted octanol–water partition coefficient (Wildman–Crippen LogP) is 4.01. The summed E-state index contributed by atoms with van der Waals surface area (Å²) in [7, 11) is 0. The lowest BCUT2D eigenvalue weighted by molar-refractivity contribution is 0.486. The number of nitrogens with zero attached hydrogens (tertiary/aromatic N) is 1. The van der Waals surface area contributed by atoms with Crippen LogP contribution in [0.3, 0.4) is 0 Å². The smallest absolute Gasteiger partial charge is 0.257 e. The van der Waals surface area contributed by atoms with Gasteiger partial charge < -0.3 is 9.72 Å². The third-order valence-electron chi connectivity index (χ3n) is 3.63. The molecule has 1 N–H and O–H groups in total. The van der Waals surface area contributed by atoms with Gasteiger partial charge in [-0.3, -0.25) is 4.79 Å². The second kappa shape index (κ2) is 5.21. The number of hydrogen-bond donors (Lipinski definition) is 1. The van der Waals surface area contributed by atoms with Gasteiger partial charge >= 0.3 is 0 Å². The average molecular weight is 306 g/mol. The van der Waals surface area contributed by atoms with E-state index in [1.165, 1.54) is 12.1 Å². The molecule has 0 aliphatic heterocycles. The fourth-order valence-corrected chi connectivity index (χ4v) is 2.59. The molecule has 0 aliphatic rings. The number of ether oxygens (including phenoxy) is 1. The Hall–Kier alpha value is -3.21. The van der Waals surface area contributed by atoms with Gasteiger partial charge in [0.1, 0.15) is 23.0 Å². The van der Waals surface area contributed by atoms with Crippen LogP contribution in [-0.4, -0.2) is 9.97 Å². The Balaban J connectivity index is 1.98. The van der Waals surface area contributed by atoms with Gasteiger partial charge in [0.25, 0.3) is 5.56 Å². The molecule has 2 aromatic heterocycles. The second-order valence-electron chi connectivity index (χ2n) is 5.09. The van der Waals surface area contributed by atoms with E-state index < -0.39 is 0 Å². The van der Waals surface area contributed by atoms with E-state index in [-0.39, 0.29) is 11.4 Å². The standard InChI is InChI=1S/C18H11FN2O2/c19-11-5-7-12(8-6-11)23-15-9-10-20-17-16(15)13-3-1-2-4-14(13)18(22)21-17/h1-10H,(H,20,21,22). The second-order valence-corrected chi connectivity index (χ2v) is 5.09. The van der Waals surface area contributed by atoms with Gasteiger partial charge in [0.15, 0.2) is 0 Å². The summed E-state index contributed by atoms with van der Waals surface area (Å²) in [6.07, 6.45) is 1.56. The molecule has 0 amide bonds. The summed E-state index contributed by atoms with van der Waals surface area (Å²) in [5.41, 5.74) is 0.257. The molecule has 0 saturated heterocycles. The number of halogens is 1. The van der Waals surface area contributed by atoms with Gasteiger partial charge in [0.05, 0.1) is 5.39 Å².